The standard InChI is InChI=1S/C24H30N4O3S/c1-17-13-18(2)15-19(14-17)16-32-24-27-26-22(9-10-23(30)25-11-4-12-31-3)28(24)20-5-7-21(29)8-6-20/h5-8,13-15,29H,4,9-12,16H2,1-3H3,(H,25,30). The van der Waals surface area contributed by atoms with Crippen LogP contribution in [0.3, 0.4) is 0 Å². The number of aromatic nitrogens is 3. The fourth-order valence-electron chi connectivity index (χ4n) is 3.47. The molecule has 1 aromatic heterocycles. The first-order chi connectivity index (χ1) is 15.5. The Morgan fingerprint density at radius 2 is 1.84 bits per heavy atom. The van der Waals surface area contributed by atoms with Crippen LogP contribution in [0.5, 0.6) is 5.75 Å². The summed E-state index contributed by atoms with van der Waals surface area (Å²) in [6.07, 6.45) is 1.57. The van der Waals surface area contributed by atoms with Gasteiger partial charge in [-0.3, -0.25) is 9.36 Å². The molecule has 3 aromatic rings. The van der Waals surface area contributed by atoms with Gasteiger partial charge < -0.3 is 15.2 Å². The number of hydrogen-bond acceptors (Lipinski definition) is 6. The van der Waals surface area contributed by atoms with Gasteiger partial charge in [-0.05, 0) is 50.1 Å². The van der Waals surface area contributed by atoms with E-state index in [1.165, 1.54) is 16.7 Å². The Hall–Kier alpha value is -2.84. The Balaban J connectivity index is 1.74. The monoisotopic (exact) mass is 454 g/mol. The zero-order chi connectivity index (χ0) is 22.9. The van der Waals surface area contributed by atoms with Crippen molar-refractivity contribution in [2.45, 2.75) is 44.0 Å². The number of rotatable bonds is 11. The average molecular weight is 455 g/mol. The molecular formula is C24H30N4O3S. The molecule has 0 bridgehead atoms. The minimum atomic E-state index is -0.0224. The van der Waals surface area contributed by atoms with Crippen LogP contribution in [0.15, 0.2) is 47.6 Å². The second-order valence-electron chi connectivity index (χ2n) is 7.73. The molecule has 0 aliphatic rings. The number of benzene rings is 2. The van der Waals surface area contributed by atoms with Crippen molar-refractivity contribution in [3.63, 3.8) is 0 Å². The first kappa shape index (κ1) is 23.8. The molecule has 3 rings (SSSR count). The van der Waals surface area contributed by atoms with Gasteiger partial charge in [0.2, 0.25) is 5.91 Å². The highest BCUT2D eigenvalue weighted by Crippen LogP contribution is 2.27. The summed E-state index contributed by atoms with van der Waals surface area (Å²) in [7, 11) is 1.65. The number of nitrogens with one attached hydrogen (secondary N) is 1. The normalized spacial score (nSPS) is 11.0. The topological polar surface area (TPSA) is 89.3 Å². The van der Waals surface area contributed by atoms with Gasteiger partial charge >= 0.3 is 0 Å². The first-order valence-corrected chi connectivity index (χ1v) is 11.6. The van der Waals surface area contributed by atoms with Crippen LogP contribution in [0, 0.1) is 13.8 Å². The van der Waals surface area contributed by atoms with Gasteiger partial charge in [0.15, 0.2) is 5.16 Å². The maximum absolute atomic E-state index is 12.2. The number of phenols is 1. The van der Waals surface area contributed by atoms with Gasteiger partial charge in [0.25, 0.3) is 0 Å². The van der Waals surface area contributed by atoms with Crippen molar-refractivity contribution in [2.75, 3.05) is 20.3 Å². The minimum Gasteiger partial charge on any atom is -0.508 e. The Bertz CT molecular complexity index is 1010. The van der Waals surface area contributed by atoms with Gasteiger partial charge in [0.1, 0.15) is 11.6 Å². The van der Waals surface area contributed by atoms with E-state index in [0.29, 0.717) is 31.8 Å². The predicted octanol–water partition coefficient (Wildman–Crippen LogP) is 3.97. The third-order valence-corrected chi connectivity index (χ3v) is 5.88. The van der Waals surface area contributed by atoms with Crippen LogP contribution in [0.4, 0.5) is 0 Å². The first-order valence-electron chi connectivity index (χ1n) is 10.7. The molecular weight excluding hydrogens is 424 g/mol. The molecule has 32 heavy (non-hydrogen) atoms. The van der Waals surface area contributed by atoms with Crippen molar-refractivity contribution in [1.29, 1.82) is 0 Å². The number of phenolic OH excluding ortho intramolecular Hbond substituents is 1. The molecule has 2 N–H and O–H groups in total. The predicted molar refractivity (Wildman–Crippen MR) is 126 cm³/mol. The number of methoxy groups -OCH3 is 1. The third-order valence-electron chi connectivity index (χ3n) is 4.88. The molecule has 0 saturated carbocycles. The van der Waals surface area contributed by atoms with Crippen LogP contribution < -0.4 is 5.32 Å². The van der Waals surface area contributed by atoms with Crippen molar-refractivity contribution < 1.29 is 14.6 Å². The molecule has 0 spiro atoms. The molecule has 0 radical (unpaired) electrons. The summed E-state index contributed by atoms with van der Waals surface area (Å²) in [5.41, 5.74) is 4.55. The van der Waals surface area contributed by atoms with Crippen molar-refractivity contribution in [2.24, 2.45) is 0 Å². The number of carbonyl (C=O) groups excluding carboxylic acids is 1. The second kappa shape index (κ2) is 11.7. The van der Waals surface area contributed by atoms with Gasteiger partial charge in [0.05, 0.1) is 0 Å². The van der Waals surface area contributed by atoms with E-state index in [1.807, 2.05) is 16.7 Å². The molecule has 0 aliphatic heterocycles. The maximum atomic E-state index is 12.2. The lowest BCUT2D eigenvalue weighted by Gasteiger charge is -2.11. The Morgan fingerprint density at radius 1 is 1.12 bits per heavy atom. The molecule has 0 aliphatic carbocycles. The van der Waals surface area contributed by atoms with E-state index in [2.05, 4.69) is 47.6 Å². The summed E-state index contributed by atoms with van der Waals surface area (Å²) < 4.78 is 6.97. The van der Waals surface area contributed by atoms with Crippen LogP contribution in [-0.4, -0.2) is 46.0 Å². The average Bonchev–Trinajstić information content (AvgIpc) is 3.16. The minimum absolute atomic E-state index is 0.0224. The van der Waals surface area contributed by atoms with E-state index in [4.69, 9.17) is 4.74 Å². The summed E-state index contributed by atoms with van der Waals surface area (Å²) in [5.74, 6) is 1.65. The van der Waals surface area contributed by atoms with Crippen LogP contribution in [0.1, 0.15) is 35.4 Å². The van der Waals surface area contributed by atoms with E-state index in [-0.39, 0.29) is 11.7 Å². The summed E-state index contributed by atoms with van der Waals surface area (Å²) in [5, 5.41) is 22.1. The zero-order valence-electron chi connectivity index (χ0n) is 18.8. The number of thioether (sulfide) groups is 1. The van der Waals surface area contributed by atoms with Gasteiger partial charge in [-0.15, -0.1) is 10.2 Å². The summed E-state index contributed by atoms with van der Waals surface area (Å²) in [6.45, 7) is 5.40. The Labute approximate surface area is 193 Å². The largest absolute Gasteiger partial charge is 0.508 e. The number of hydrogen-bond donors (Lipinski definition) is 2. The molecule has 0 saturated heterocycles. The summed E-state index contributed by atoms with van der Waals surface area (Å²) in [4.78, 5) is 12.2. The number of aromatic hydroxyl groups is 1. The second-order valence-corrected chi connectivity index (χ2v) is 8.67. The van der Waals surface area contributed by atoms with Crippen molar-refractivity contribution in [3.8, 4) is 11.4 Å². The lowest BCUT2D eigenvalue weighted by atomic mass is 10.1. The lowest BCUT2D eigenvalue weighted by Crippen LogP contribution is -2.25. The third kappa shape index (κ3) is 6.83. The van der Waals surface area contributed by atoms with Gasteiger partial charge in [0, 0.05) is 44.5 Å². The van der Waals surface area contributed by atoms with E-state index in [0.717, 1.165) is 23.0 Å². The fraction of sp³-hybridized carbons (Fsp3) is 0.375. The quantitative estimate of drug-likeness (QED) is 0.337. The number of ether oxygens (including phenoxy) is 1. The van der Waals surface area contributed by atoms with E-state index < -0.39 is 0 Å². The van der Waals surface area contributed by atoms with E-state index >= 15 is 0 Å². The summed E-state index contributed by atoms with van der Waals surface area (Å²) in [6, 6.07) is 13.4. The van der Waals surface area contributed by atoms with Gasteiger partial charge in [-0.25, -0.2) is 0 Å². The fourth-order valence-corrected chi connectivity index (χ4v) is 4.38. The molecule has 2 aromatic carbocycles. The number of amides is 1. The highest BCUT2D eigenvalue weighted by Gasteiger charge is 2.16. The van der Waals surface area contributed by atoms with E-state index in [9.17, 15) is 9.90 Å². The smallest absolute Gasteiger partial charge is 0.220 e. The van der Waals surface area contributed by atoms with Crippen molar-refractivity contribution >= 4 is 17.7 Å². The zero-order valence-corrected chi connectivity index (χ0v) is 19.6. The Kier molecular flexibility index (Phi) is 8.70. The van der Waals surface area contributed by atoms with Crippen molar-refractivity contribution in [1.82, 2.24) is 20.1 Å². The Morgan fingerprint density at radius 3 is 2.53 bits per heavy atom. The van der Waals surface area contributed by atoms with E-state index in [1.54, 1.807) is 31.0 Å². The van der Waals surface area contributed by atoms with Crippen LogP contribution in [-0.2, 0) is 21.7 Å². The molecule has 7 nitrogen and oxygen atoms in total. The highest BCUT2D eigenvalue weighted by atomic mass is 32.2. The molecule has 0 unspecified atom stereocenters. The maximum Gasteiger partial charge on any atom is 0.220 e. The molecule has 1 heterocycles. The lowest BCUT2D eigenvalue weighted by molar-refractivity contribution is -0.121. The summed E-state index contributed by atoms with van der Waals surface area (Å²) >= 11 is 1.60. The highest BCUT2D eigenvalue weighted by molar-refractivity contribution is 7.98. The van der Waals surface area contributed by atoms with Crippen LogP contribution in [0.2, 0.25) is 0 Å². The molecule has 0 fully saturated rings. The van der Waals surface area contributed by atoms with Gasteiger partial charge in [-0.1, -0.05) is 41.1 Å². The number of nitrogens with zero attached hydrogens (tertiary/aromatic N) is 3. The van der Waals surface area contributed by atoms with Gasteiger partial charge in [-0.2, -0.15) is 0 Å². The number of carbonyl (C=O) groups is 1. The molecule has 170 valence electrons. The van der Waals surface area contributed by atoms with Crippen LogP contribution in [0.25, 0.3) is 5.69 Å². The molecule has 1 amide bonds. The van der Waals surface area contributed by atoms with Crippen LogP contribution >= 0.6 is 11.8 Å². The number of aryl methyl sites for hydroxylation is 3. The molecule has 8 heteroatoms. The SMILES string of the molecule is COCCCNC(=O)CCc1nnc(SCc2cc(C)cc(C)c2)n1-c1ccc(O)cc1. The van der Waals surface area contributed by atoms with Crippen molar-refractivity contribution in [3.05, 3.63) is 65.0 Å². The molecule has 0 atom stereocenters.